The summed E-state index contributed by atoms with van der Waals surface area (Å²) in [6.07, 6.45) is 2.80. The number of hydrogen-bond donors (Lipinski definition) is 3. The monoisotopic (exact) mass is 334 g/mol. The number of amides is 1. The highest BCUT2D eigenvalue weighted by Crippen LogP contribution is 2.24. The van der Waals surface area contributed by atoms with Gasteiger partial charge in [0, 0.05) is 25.6 Å². The van der Waals surface area contributed by atoms with Gasteiger partial charge in [0.2, 0.25) is 5.91 Å². The number of benzene rings is 1. The summed E-state index contributed by atoms with van der Waals surface area (Å²) in [6, 6.07) is 6.50. The standard InChI is InChI=1S/C17H26N4O3/c1-13(14-6-8-18-9-7-14)12-17(22)20-11-10-19-15-4-2-3-5-16(15)21(23)24/h2-5,13-14,18-19H,6-12H2,1H3,(H,20,22). The lowest BCUT2D eigenvalue weighted by Crippen LogP contribution is -2.34. The third-order valence-electron chi connectivity index (χ3n) is 4.56. The second kappa shape index (κ2) is 9.22. The molecule has 1 heterocycles. The van der Waals surface area contributed by atoms with E-state index in [1.165, 1.54) is 6.07 Å². The molecule has 7 nitrogen and oxygen atoms in total. The Morgan fingerprint density at radius 3 is 2.75 bits per heavy atom. The number of piperidine rings is 1. The minimum atomic E-state index is -0.415. The van der Waals surface area contributed by atoms with Crippen LogP contribution in [-0.2, 0) is 4.79 Å². The summed E-state index contributed by atoms with van der Waals surface area (Å²) in [7, 11) is 0. The van der Waals surface area contributed by atoms with Crippen molar-refractivity contribution in [3.05, 3.63) is 34.4 Å². The van der Waals surface area contributed by atoms with Crippen molar-refractivity contribution in [2.45, 2.75) is 26.2 Å². The van der Waals surface area contributed by atoms with E-state index in [4.69, 9.17) is 0 Å². The molecule has 1 saturated heterocycles. The van der Waals surface area contributed by atoms with Gasteiger partial charge in [-0.15, -0.1) is 0 Å². The number of hydrogen-bond acceptors (Lipinski definition) is 5. The first kappa shape index (κ1) is 18.2. The Balaban J connectivity index is 1.68. The highest BCUT2D eigenvalue weighted by molar-refractivity contribution is 5.76. The van der Waals surface area contributed by atoms with E-state index in [0.717, 1.165) is 25.9 Å². The van der Waals surface area contributed by atoms with E-state index in [9.17, 15) is 14.9 Å². The van der Waals surface area contributed by atoms with Crippen molar-refractivity contribution in [2.24, 2.45) is 11.8 Å². The summed E-state index contributed by atoms with van der Waals surface area (Å²) in [4.78, 5) is 22.5. The number of carbonyl (C=O) groups is 1. The molecule has 1 atom stereocenters. The van der Waals surface area contributed by atoms with Gasteiger partial charge in [0.25, 0.3) is 5.69 Å². The van der Waals surface area contributed by atoms with E-state index in [2.05, 4.69) is 22.9 Å². The summed E-state index contributed by atoms with van der Waals surface area (Å²) < 4.78 is 0. The number of nitrogens with one attached hydrogen (secondary N) is 3. The summed E-state index contributed by atoms with van der Waals surface area (Å²) in [6.45, 7) is 5.12. The lowest BCUT2D eigenvalue weighted by Gasteiger charge is -2.27. The maximum Gasteiger partial charge on any atom is 0.292 e. The fourth-order valence-electron chi connectivity index (χ4n) is 3.13. The Kier molecular flexibility index (Phi) is 6.99. The van der Waals surface area contributed by atoms with Crippen LogP contribution in [0.1, 0.15) is 26.2 Å². The van der Waals surface area contributed by atoms with Gasteiger partial charge in [-0.05, 0) is 43.8 Å². The SMILES string of the molecule is CC(CC(=O)NCCNc1ccccc1[N+](=O)[O-])C1CCNCC1. The van der Waals surface area contributed by atoms with Gasteiger partial charge in [0.1, 0.15) is 5.69 Å². The molecule has 1 aliphatic heterocycles. The third-order valence-corrected chi connectivity index (χ3v) is 4.56. The number of anilines is 1. The van der Waals surface area contributed by atoms with E-state index in [1.807, 2.05) is 0 Å². The molecule has 0 aliphatic carbocycles. The third kappa shape index (κ3) is 5.49. The summed E-state index contributed by atoms with van der Waals surface area (Å²) in [5, 5.41) is 20.1. The van der Waals surface area contributed by atoms with E-state index in [-0.39, 0.29) is 11.6 Å². The molecule has 1 aromatic carbocycles. The molecule has 24 heavy (non-hydrogen) atoms. The Morgan fingerprint density at radius 1 is 1.33 bits per heavy atom. The average Bonchev–Trinajstić information content (AvgIpc) is 2.59. The predicted molar refractivity (Wildman–Crippen MR) is 94.0 cm³/mol. The van der Waals surface area contributed by atoms with E-state index in [0.29, 0.717) is 37.0 Å². The number of carbonyl (C=O) groups excluding carboxylic acids is 1. The molecule has 0 saturated carbocycles. The van der Waals surface area contributed by atoms with Crippen LogP contribution in [0.5, 0.6) is 0 Å². The fraction of sp³-hybridized carbons (Fsp3) is 0.588. The molecule has 1 aromatic rings. The molecule has 132 valence electrons. The summed E-state index contributed by atoms with van der Waals surface area (Å²) >= 11 is 0. The Hall–Kier alpha value is -2.15. The number of nitro groups is 1. The van der Waals surface area contributed by atoms with Gasteiger partial charge < -0.3 is 16.0 Å². The molecule has 0 spiro atoms. The predicted octanol–water partition coefficient (Wildman–Crippen LogP) is 2.15. The van der Waals surface area contributed by atoms with Crippen LogP contribution in [0.4, 0.5) is 11.4 Å². The quantitative estimate of drug-likeness (QED) is 0.384. The van der Waals surface area contributed by atoms with Crippen LogP contribution in [0, 0.1) is 22.0 Å². The van der Waals surface area contributed by atoms with Crippen molar-refractivity contribution in [2.75, 3.05) is 31.5 Å². The highest BCUT2D eigenvalue weighted by atomic mass is 16.6. The molecule has 1 amide bonds. The fourth-order valence-corrected chi connectivity index (χ4v) is 3.13. The molecule has 0 radical (unpaired) electrons. The number of nitro benzene ring substituents is 1. The topological polar surface area (TPSA) is 96.3 Å². The second-order valence-electron chi connectivity index (χ2n) is 6.32. The highest BCUT2D eigenvalue weighted by Gasteiger charge is 2.21. The van der Waals surface area contributed by atoms with Crippen LogP contribution in [0.15, 0.2) is 24.3 Å². The van der Waals surface area contributed by atoms with E-state index < -0.39 is 4.92 Å². The van der Waals surface area contributed by atoms with Crippen LogP contribution >= 0.6 is 0 Å². The van der Waals surface area contributed by atoms with Crippen molar-refractivity contribution in [1.29, 1.82) is 0 Å². The van der Waals surface area contributed by atoms with Crippen LogP contribution in [0.2, 0.25) is 0 Å². The molecule has 1 aliphatic rings. The zero-order chi connectivity index (χ0) is 17.4. The van der Waals surface area contributed by atoms with E-state index in [1.54, 1.807) is 18.2 Å². The zero-order valence-corrected chi connectivity index (χ0v) is 14.1. The minimum Gasteiger partial charge on any atom is -0.378 e. The molecule has 1 fully saturated rings. The second-order valence-corrected chi connectivity index (χ2v) is 6.32. The zero-order valence-electron chi connectivity index (χ0n) is 14.1. The lowest BCUT2D eigenvalue weighted by molar-refractivity contribution is -0.384. The van der Waals surface area contributed by atoms with Gasteiger partial charge in [-0.3, -0.25) is 14.9 Å². The minimum absolute atomic E-state index is 0.0448. The number of para-hydroxylation sites is 2. The van der Waals surface area contributed by atoms with Crippen LogP contribution < -0.4 is 16.0 Å². The first-order valence-corrected chi connectivity index (χ1v) is 8.52. The van der Waals surface area contributed by atoms with Crippen molar-refractivity contribution >= 4 is 17.3 Å². The first-order chi connectivity index (χ1) is 11.6. The molecule has 1 unspecified atom stereocenters. The van der Waals surface area contributed by atoms with Gasteiger partial charge in [-0.2, -0.15) is 0 Å². The van der Waals surface area contributed by atoms with Gasteiger partial charge >= 0.3 is 0 Å². The molecular formula is C17H26N4O3. The molecule has 2 rings (SSSR count). The molecule has 3 N–H and O–H groups in total. The lowest BCUT2D eigenvalue weighted by atomic mass is 9.84. The Morgan fingerprint density at radius 2 is 2.04 bits per heavy atom. The van der Waals surface area contributed by atoms with E-state index >= 15 is 0 Å². The molecule has 7 heteroatoms. The number of rotatable bonds is 8. The summed E-state index contributed by atoms with van der Waals surface area (Å²) in [5.41, 5.74) is 0.517. The largest absolute Gasteiger partial charge is 0.378 e. The smallest absolute Gasteiger partial charge is 0.292 e. The van der Waals surface area contributed by atoms with Crippen molar-refractivity contribution < 1.29 is 9.72 Å². The maximum absolute atomic E-state index is 12.0. The van der Waals surface area contributed by atoms with Crippen LogP contribution in [0.3, 0.4) is 0 Å². The van der Waals surface area contributed by atoms with Crippen LogP contribution in [-0.4, -0.2) is 37.0 Å². The Labute approximate surface area is 142 Å². The van der Waals surface area contributed by atoms with Gasteiger partial charge in [0.05, 0.1) is 4.92 Å². The maximum atomic E-state index is 12.0. The Bertz CT molecular complexity index is 559. The van der Waals surface area contributed by atoms with Gasteiger partial charge in [-0.1, -0.05) is 19.1 Å². The summed E-state index contributed by atoms with van der Waals surface area (Å²) in [5.74, 6) is 1.04. The van der Waals surface area contributed by atoms with Crippen molar-refractivity contribution in [1.82, 2.24) is 10.6 Å². The average molecular weight is 334 g/mol. The van der Waals surface area contributed by atoms with Crippen molar-refractivity contribution in [3.8, 4) is 0 Å². The molecule has 0 aromatic heterocycles. The van der Waals surface area contributed by atoms with Crippen molar-refractivity contribution in [3.63, 3.8) is 0 Å². The first-order valence-electron chi connectivity index (χ1n) is 8.52. The number of nitrogens with zero attached hydrogens (tertiary/aromatic N) is 1. The molecule has 0 bridgehead atoms. The van der Waals surface area contributed by atoms with Gasteiger partial charge in [-0.25, -0.2) is 0 Å². The molecular weight excluding hydrogens is 308 g/mol. The normalized spacial score (nSPS) is 16.4. The van der Waals surface area contributed by atoms with Crippen LogP contribution in [0.25, 0.3) is 0 Å². The van der Waals surface area contributed by atoms with Gasteiger partial charge in [0.15, 0.2) is 0 Å².